The fraction of sp³-hybridized carbons (Fsp3) is 0.385. The zero-order valence-electron chi connectivity index (χ0n) is 11.1. The van der Waals surface area contributed by atoms with Crippen molar-refractivity contribution in [2.75, 3.05) is 24.3 Å². The van der Waals surface area contributed by atoms with Crippen LogP contribution in [-0.2, 0) is 9.09 Å². The highest BCUT2D eigenvalue weighted by molar-refractivity contribution is 7.58. The van der Waals surface area contributed by atoms with Crippen LogP contribution in [0.5, 0.6) is 0 Å². The molecule has 1 atom stereocenters. The Kier molecular flexibility index (Phi) is 4.56. The van der Waals surface area contributed by atoms with E-state index in [1.807, 2.05) is 48.8 Å². The Labute approximate surface area is 119 Å². The molecule has 1 saturated heterocycles. The minimum atomic E-state index is -3.07. The third kappa shape index (κ3) is 2.66. The van der Waals surface area contributed by atoms with Crippen LogP contribution < -0.4 is 4.67 Å². The molecule has 0 amide bonds. The summed E-state index contributed by atoms with van der Waals surface area (Å²) >= 11 is 5.73. The number of benzene rings is 1. The van der Waals surface area contributed by atoms with Crippen LogP contribution in [0, 0.1) is 0 Å². The maximum atomic E-state index is 13.2. The molecule has 0 N–H and O–H groups in total. The molecule has 2 rings (SSSR count). The van der Waals surface area contributed by atoms with Crippen LogP contribution in [0.25, 0.3) is 0 Å². The predicted octanol–water partition coefficient (Wildman–Crippen LogP) is 4.05. The first-order valence-corrected chi connectivity index (χ1v) is 8.29. The topological polar surface area (TPSA) is 32.8 Å². The van der Waals surface area contributed by atoms with E-state index in [-0.39, 0.29) is 0 Å². The normalized spacial score (nSPS) is 25.1. The summed E-state index contributed by atoms with van der Waals surface area (Å²) in [6, 6.07) is 9.63. The first-order valence-electron chi connectivity index (χ1n) is 6.33. The van der Waals surface area contributed by atoms with Crippen LogP contribution in [0.3, 0.4) is 0 Å². The van der Waals surface area contributed by atoms with Crippen LogP contribution in [0.15, 0.2) is 41.6 Å². The van der Waals surface area contributed by atoms with E-state index in [0.717, 1.165) is 5.69 Å². The second kappa shape index (κ2) is 6.00. The molecule has 4 nitrogen and oxygen atoms in total. The molecule has 1 aliphatic rings. The minimum absolute atomic E-state index is 0.432. The molecule has 0 aliphatic carbocycles. The second-order valence-electron chi connectivity index (χ2n) is 4.19. The molecule has 0 bridgehead atoms. The van der Waals surface area contributed by atoms with E-state index in [1.54, 1.807) is 4.67 Å². The Morgan fingerprint density at radius 2 is 2.00 bits per heavy atom. The molecule has 104 valence electrons. The van der Waals surface area contributed by atoms with Crippen molar-refractivity contribution in [1.82, 2.24) is 4.67 Å². The van der Waals surface area contributed by atoms with Crippen molar-refractivity contribution in [3.63, 3.8) is 0 Å². The fourth-order valence-corrected chi connectivity index (χ4v) is 4.72. The van der Waals surface area contributed by atoms with Gasteiger partial charge in [0.1, 0.15) is 5.76 Å². The van der Waals surface area contributed by atoms with Crippen molar-refractivity contribution in [2.45, 2.75) is 13.8 Å². The lowest BCUT2D eigenvalue weighted by molar-refractivity contribution is 0.344. The average molecular weight is 301 g/mol. The molecular formula is C13H18ClN2O2P. The molecule has 1 aromatic carbocycles. The maximum absolute atomic E-state index is 13.2. The molecule has 1 aliphatic heterocycles. The molecule has 1 fully saturated rings. The van der Waals surface area contributed by atoms with Crippen molar-refractivity contribution in [2.24, 2.45) is 0 Å². The van der Waals surface area contributed by atoms with E-state index in [4.69, 9.17) is 16.1 Å². The van der Waals surface area contributed by atoms with Crippen molar-refractivity contribution >= 4 is 25.0 Å². The third-order valence-electron chi connectivity index (χ3n) is 3.11. The summed E-state index contributed by atoms with van der Waals surface area (Å²) in [4.78, 5) is 0. The van der Waals surface area contributed by atoms with Crippen molar-refractivity contribution in [3.8, 4) is 0 Å². The van der Waals surface area contributed by atoms with Crippen LogP contribution in [0.2, 0.25) is 0 Å². The Balaban J connectivity index is 2.42. The Morgan fingerprint density at radius 3 is 2.53 bits per heavy atom. The van der Waals surface area contributed by atoms with Gasteiger partial charge in [0.05, 0.1) is 6.54 Å². The molecule has 1 heterocycles. The summed E-state index contributed by atoms with van der Waals surface area (Å²) < 4.78 is 22.5. The quantitative estimate of drug-likeness (QED) is 0.785. The van der Waals surface area contributed by atoms with Crippen molar-refractivity contribution in [1.29, 1.82) is 0 Å². The van der Waals surface area contributed by atoms with Gasteiger partial charge in [-0.25, -0.2) is 9.24 Å². The number of halogens is 1. The molecular weight excluding hydrogens is 283 g/mol. The summed E-state index contributed by atoms with van der Waals surface area (Å²) in [7, 11) is -3.07. The molecule has 0 aromatic heterocycles. The first-order chi connectivity index (χ1) is 9.15. The first kappa shape index (κ1) is 14.4. The van der Waals surface area contributed by atoms with Gasteiger partial charge in [-0.15, -0.1) is 0 Å². The lowest BCUT2D eigenvalue weighted by atomic mass is 10.3. The van der Waals surface area contributed by atoms with E-state index >= 15 is 0 Å². The number of hydrogen-bond donors (Lipinski definition) is 0. The molecule has 0 saturated carbocycles. The number of nitrogens with zero attached hydrogens (tertiary/aromatic N) is 2. The summed E-state index contributed by atoms with van der Waals surface area (Å²) in [6.07, 6.45) is 0. The summed E-state index contributed by atoms with van der Waals surface area (Å²) in [5, 5.41) is 0. The Hall–Kier alpha value is -0.960. The van der Waals surface area contributed by atoms with E-state index < -0.39 is 7.67 Å². The van der Waals surface area contributed by atoms with Crippen LogP contribution in [0.1, 0.15) is 13.8 Å². The zero-order valence-corrected chi connectivity index (χ0v) is 12.8. The summed E-state index contributed by atoms with van der Waals surface area (Å²) in [5.41, 5.74) is 2.24. The minimum Gasteiger partial charge on any atom is -0.419 e. The van der Waals surface area contributed by atoms with Crippen LogP contribution in [0.4, 0.5) is 5.69 Å². The van der Waals surface area contributed by atoms with E-state index in [1.165, 1.54) is 5.54 Å². The zero-order chi connectivity index (χ0) is 13.9. The van der Waals surface area contributed by atoms with Gasteiger partial charge in [-0.05, 0) is 12.1 Å². The van der Waals surface area contributed by atoms with Gasteiger partial charge < -0.3 is 4.52 Å². The molecule has 0 spiro atoms. The largest absolute Gasteiger partial charge is 0.422 e. The fourth-order valence-electron chi connectivity index (χ4n) is 2.15. The predicted molar refractivity (Wildman–Crippen MR) is 79.3 cm³/mol. The van der Waals surface area contributed by atoms with Gasteiger partial charge in [0.2, 0.25) is 0 Å². The highest BCUT2D eigenvalue weighted by Gasteiger charge is 2.45. The highest BCUT2D eigenvalue weighted by atomic mass is 35.5. The Morgan fingerprint density at radius 1 is 1.37 bits per heavy atom. The van der Waals surface area contributed by atoms with Crippen LogP contribution in [-0.4, -0.2) is 24.3 Å². The summed E-state index contributed by atoms with van der Waals surface area (Å²) in [5.74, 6) is 0.542. The molecule has 1 unspecified atom stereocenters. The monoisotopic (exact) mass is 300 g/mol. The molecule has 0 radical (unpaired) electrons. The van der Waals surface area contributed by atoms with E-state index in [2.05, 4.69) is 0 Å². The third-order valence-corrected chi connectivity index (χ3v) is 6.09. The summed E-state index contributed by atoms with van der Waals surface area (Å²) in [6.45, 7) is 5.69. The van der Waals surface area contributed by atoms with Crippen molar-refractivity contribution in [3.05, 3.63) is 41.6 Å². The average Bonchev–Trinajstić information content (AvgIpc) is 2.79. The number of rotatable bonds is 4. The number of anilines is 1. The lowest BCUT2D eigenvalue weighted by Crippen LogP contribution is -2.28. The van der Waals surface area contributed by atoms with Gasteiger partial charge in [-0.1, -0.05) is 43.6 Å². The van der Waals surface area contributed by atoms with E-state index in [0.29, 0.717) is 25.4 Å². The smallest absolute Gasteiger partial charge is 0.419 e. The molecule has 6 heteroatoms. The maximum Gasteiger partial charge on any atom is 0.422 e. The number of para-hydroxylation sites is 1. The van der Waals surface area contributed by atoms with E-state index in [9.17, 15) is 4.57 Å². The van der Waals surface area contributed by atoms with Gasteiger partial charge in [-0.2, -0.15) is 0 Å². The molecule has 1 aromatic rings. The van der Waals surface area contributed by atoms with Gasteiger partial charge in [0, 0.05) is 24.3 Å². The molecule has 19 heavy (non-hydrogen) atoms. The second-order valence-corrected chi connectivity index (χ2v) is 6.62. The van der Waals surface area contributed by atoms with Gasteiger partial charge in [0.15, 0.2) is 0 Å². The highest BCUT2D eigenvalue weighted by Crippen LogP contribution is 2.61. The SMILES string of the molecule is CCN(CC)P1(=O)O/C(=C\Cl)CN1c1ccccc1. The standard InChI is InChI=1S/C13H18ClN2O2P/c1-3-15(4-2)19(17)16(11-13(10-14)18-19)12-8-6-5-7-9-12/h5-10H,3-4,11H2,1-2H3/b13-10-. The van der Waals surface area contributed by atoms with Gasteiger partial charge in [-0.3, -0.25) is 4.67 Å². The van der Waals surface area contributed by atoms with Crippen molar-refractivity contribution < 1.29 is 9.09 Å². The Bertz CT molecular complexity index is 503. The van der Waals surface area contributed by atoms with Gasteiger partial charge in [0.25, 0.3) is 0 Å². The van der Waals surface area contributed by atoms with Gasteiger partial charge >= 0.3 is 7.67 Å². The lowest BCUT2D eigenvalue weighted by Gasteiger charge is -2.31. The van der Waals surface area contributed by atoms with Crippen LogP contribution >= 0.6 is 19.3 Å². The number of hydrogen-bond acceptors (Lipinski definition) is 2.